The van der Waals surface area contributed by atoms with Crippen LogP contribution in [0.15, 0.2) is 4.99 Å². The largest absolute Gasteiger partial charge is 0.446 e. The van der Waals surface area contributed by atoms with Gasteiger partial charge < -0.3 is 31.7 Å². The van der Waals surface area contributed by atoms with E-state index in [9.17, 15) is 15.0 Å². The van der Waals surface area contributed by atoms with E-state index in [0.717, 1.165) is 0 Å². The first kappa shape index (κ1) is 14.7. The molecule has 3 aliphatic heterocycles. The number of rotatable bonds is 2. The van der Waals surface area contributed by atoms with E-state index in [-0.39, 0.29) is 18.5 Å². The molecule has 0 aromatic heterocycles. The molecule has 1 saturated heterocycles. The molecule has 0 radical (unpaired) electrons. The number of nitrogens with two attached hydrogens (primary N) is 3. The monoisotopic (exact) mass is 314 g/mol. The zero-order chi connectivity index (χ0) is 16.3. The Balaban J connectivity index is 2.05. The van der Waals surface area contributed by atoms with Crippen LogP contribution >= 0.6 is 0 Å². The van der Waals surface area contributed by atoms with Gasteiger partial charge in [0.2, 0.25) is 11.4 Å². The Kier molecular flexibility index (Phi) is 2.91. The molecule has 1 amide bonds. The number of primary amides is 1. The second kappa shape index (κ2) is 4.36. The predicted molar refractivity (Wildman–Crippen MR) is 74.4 cm³/mol. The number of hydrogen-bond acceptors (Lipinski definition) is 9. The highest BCUT2D eigenvalue weighted by molar-refractivity contribution is 5.83. The fraction of sp³-hybridized carbons (Fsp3) is 0.727. The van der Waals surface area contributed by atoms with Crippen LogP contribution in [0.2, 0.25) is 0 Å². The lowest BCUT2D eigenvalue weighted by molar-refractivity contribution is -0.623. The van der Waals surface area contributed by atoms with E-state index in [1.807, 2.05) is 0 Å². The Morgan fingerprint density at radius 3 is 2.86 bits per heavy atom. The first-order valence-corrected chi connectivity index (χ1v) is 6.85. The number of amides is 1. The minimum Gasteiger partial charge on any atom is -0.446 e. The topological polar surface area (TPSA) is 184 Å². The van der Waals surface area contributed by atoms with Crippen LogP contribution in [0, 0.1) is 5.92 Å². The first-order chi connectivity index (χ1) is 10.2. The standard InChI is InChI=1S/C11H19N7O4/c1-4-2-18-8(13)15-5(3-22-9(14)19)6-10(18,11(4,20)21)17-7(12)16-6/h4-6,20-21H,2-3H2,1H3,(H7,12,13,14,15,16,17,19)/p+1/t4-,5-,6-,10-/m0/s1. The van der Waals surface area contributed by atoms with E-state index in [4.69, 9.17) is 21.9 Å². The van der Waals surface area contributed by atoms with E-state index in [0.29, 0.717) is 6.54 Å². The molecule has 11 heteroatoms. The van der Waals surface area contributed by atoms with E-state index >= 15 is 0 Å². The Labute approximate surface area is 125 Å². The number of ether oxygens (including phenoxy) is 1. The van der Waals surface area contributed by atoms with Gasteiger partial charge >= 0.3 is 12.1 Å². The van der Waals surface area contributed by atoms with Gasteiger partial charge in [-0.05, 0) is 0 Å². The molecule has 3 rings (SSSR count). The maximum Gasteiger partial charge on any atom is 0.404 e. The molecule has 0 saturated carbocycles. The van der Waals surface area contributed by atoms with Crippen molar-refractivity contribution >= 4 is 18.0 Å². The Morgan fingerprint density at radius 1 is 1.55 bits per heavy atom. The average Bonchev–Trinajstić information content (AvgIpc) is 2.86. The highest BCUT2D eigenvalue weighted by atomic mass is 16.5. The lowest BCUT2D eigenvalue weighted by atomic mass is 9.84. The Morgan fingerprint density at radius 2 is 2.23 bits per heavy atom. The highest BCUT2D eigenvalue weighted by Crippen LogP contribution is 2.43. The molecule has 11 nitrogen and oxygen atoms in total. The molecule has 10 N–H and O–H groups in total. The van der Waals surface area contributed by atoms with Crippen molar-refractivity contribution in [1.82, 2.24) is 10.6 Å². The summed E-state index contributed by atoms with van der Waals surface area (Å²) in [6, 6.07) is -1.35. The summed E-state index contributed by atoms with van der Waals surface area (Å²) in [6.07, 6.45) is -0.946. The zero-order valence-corrected chi connectivity index (χ0v) is 12.0. The fourth-order valence-corrected chi connectivity index (χ4v) is 3.52. The molecule has 3 heterocycles. The van der Waals surface area contributed by atoms with Crippen molar-refractivity contribution in [2.24, 2.45) is 28.1 Å². The van der Waals surface area contributed by atoms with Crippen molar-refractivity contribution in [2.75, 3.05) is 13.2 Å². The van der Waals surface area contributed by atoms with Gasteiger partial charge in [-0.1, -0.05) is 6.92 Å². The van der Waals surface area contributed by atoms with Gasteiger partial charge in [-0.25, -0.2) is 14.4 Å². The lowest BCUT2D eigenvalue weighted by Gasteiger charge is -2.43. The molecular formula is C11H20N7O4+. The molecule has 0 bridgehead atoms. The summed E-state index contributed by atoms with van der Waals surface area (Å²) in [6.45, 7) is 1.84. The Hall–Kier alpha value is -2.27. The van der Waals surface area contributed by atoms with E-state index in [1.54, 1.807) is 11.5 Å². The van der Waals surface area contributed by atoms with E-state index in [2.05, 4.69) is 15.6 Å². The first-order valence-electron chi connectivity index (χ1n) is 6.85. The van der Waals surface area contributed by atoms with Crippen molar-refractivity contribution in [2.45, 2.75) is 30.5 Å². The van der Waals surface area contributed by atoms with Gasteiger partial charge in [0.25, 0.3) is 0 Å². The SMILES string of the molecule is C[C@H]1C[N+]2=C(N)N[C@@H](COC(N)=O)[C@@H]3N=C(N)N[C@@]32C1(O)O. The summed E-state index contributed by atoms with van der Waals surface area (Å²) in [4.78, 5) is 15.1. The molecule has 3 aliphatic rings. The van der Waals surface area contributed by atoms with Crippen LogP contribution in [-0.2, 0) is 4.74 Å². The third kappa shape index (κ3) is 1.66. The summed E-state index contributed by atoms with van der Waals surface area (Å²) in [5, 5.41) is 27.1. The number of nitrogens with one attached hydrogen (secondary N) is 2. The van der Waals surface area contributed by atoms with Crippen molar-refractivity contribution < 1.29 is 24.3 Å². The van der Waals surface area contributed by atoms with Gasteiger partial charge in [-0.2, -0.15) is 0 Å². The summed E-state index contributed by atoms with van der Waals surface area (Å²) < 4.78 is 6.39. The molecule has 0 aliphatic carbocycles. The molecule has 1 fully saturated rings. The highest BCUT2D eigenvalue weighted by Gasteiger charge is 2.73. The maximum absolute atomic E-state index is 10.8. The number of nitrogens with zero attached hydrogens (tertiary/aromatic N) is 2. The average molecular weight is 314 g/mol. The third-order valence-electron chi connectivity index (χ3n) is 4.57. The molecule has 0 unspecified atom stereocenters. The van der Waals surface area contributed by atoms with Crippen molar-refractivity contribution in [3.63, 3.8) is 0 Å². The maximum atomic E-state index is 10.8. The van der Waals surface area contributed by atoms with Crippen LogP contribution in [0.1, 0.15) is 6.92 Å². The smallest absolute Gasteiger partial charge is 0.404 e. The molecule has 122 valence electrons. The van der Waals surface area contributed by atoms with Crippen LogP contribution in [0.4, 0.5) is 4.79 Å². The van der Waals surface area contributed by atoms with Crippen LogP contribution in [0.3, 0.4) is 0 Å². The molecule has 1 spiro atoms. The van der Waals surface area contributed by atoms with Crippen LogP contribution in [0.5, 0.6) is 0 Å². The van der Waals surface area contributed by atoms with Crippen LogP contribution < -0.4 is 27.8 Å². The molecular weight excluding hydrogens is 294 g/mol. The van der Waals surface area contributed by atoms with Crippen LogP contribution in [-0.4, -0.2) is 69.5 Å². The number of carbonyl (C=O) groups excluding carboxylic acids is 1. The zero-order valence-electron chi connectivity index (χ0n) is 12.0. The molecule has 0 aromatic rings. The second-order valence-electron chi connectivity index (χ2n) is 5.85. The summed E-state index contributed by atoms with van der Waals surface area (Å²) in [5.41, 5.74) is 15.3. The molecule has 22 heavy (non-hydrogen) atoms. The van der Waals surface area contributed by atoms with Gasteiger partial charge in [0, 0.05) is 5.92 Å². The molecule has 4 atom stereocenters. The third-order valence-corrected chi connectivity index (χ3v) is 4.57. The normalized spacial score (nSPS) is 38.5. The lowest BCUT2D eigenvalue weighted by Crippen LogP contribution is -2.78. The minimum atomic E-state index is -2.14. The fourth-order valence-electron chi connectivity index (χ4n) is 3.52. The van der Waals surface area contributed by atoms with Crippen molar-refractivity contribution in [3.05, 3.63) is 0 Å². The predicted octanol–water partition coefficient (Wildman–Crippen LogP) is -4.31. The van der Waals surface area contributed by atoms with E-state index < -0.39 is 35.5 Å². The summed E-state index contributed by atoms with van der Waals surface area (Å²) in [7, 11) is 0. The Bertz CT molecular complexity index is 589. The van der Waals surface area contributed by atoms with Crippen molar-refractivity contribution in [3.8, 4) is 0 Å². The number of hydrogen-bond donors (Lipinski definition) is 7. The number of aliphatic imine (C=N–C) groups is 1. The van der Waals surface area contributed by atoms with E-state index in [1.165, 1.54) is 0 Å². The molecule has 0 aromatic carbocycles. The van der Waals surface area contributed by atoms with Gasteiger partial charge in [-0.3, -0.25) is 11.1 Å². The number of aliphatic hydroxyl groups is 2. The quantitative estimate of drug-likeness (QED) is 0.197. The summed E-state index contributed by atoms with van der Waals surface area (Å²) >= 11 is 0. The van der Waals surface area contributed by atoms with Gasteiger partial charge in [-0.15, -0.1) is 0 Å². The van der Waals surface area contributed by atoms with Gasteiger partial charge in [0.05, 0.1) is 6.54 Å². The summed E-state index contributed by atoms with van der Waals surface area (Å²) in [5.74, 6) is -2.39. The van der Waals surface area contributed by atoms with Gasteiger partial charge in [0.1, 0.15) is 12.6 Å². The second-order valence-corrected chi connectivity index (χ2v) is 5.85. The minimum absolute atomic E-state index is 0.0529. The van der Waals surface area contributed by atoms with Crippen molar-refractivity contribution in [1.29, 1.82) is 0 Å². The van der Waals surface area contributed by atoms with Crippen LogP contribution in [0.25, 0.3) is 0 Å². The number of carbonyl (C=O) groups is 1. The number of guanidine groups is 2. The van der Waals surface area contributed by atoms with Gasteiger partial charge in [0.15, 0.2) is 12.0 Å².